The minimum atomic E-state index is 0.176. The van der Waals surface area contributed by atoms with E-state index < -0.39 is 0 Å². The van der Waals surface area contributed by atoms with Crippen molar-refractivity contribution in [3.63, 3.8) is 0 Å². The van der Waals surface area contributed by atoms with Crippen molar-refractivity contribution in [2.75, 3.05) is 26.2 Å². The molecule has 0 atom stereocenters. The maximum atomic E-state index is 12.4. The highest BCUT2D eigenvalue weighted by atomic mass is 16.2. The second-order valence-electron chi connectivity index (χ2n) is 4.74. The van der Waals surface area contributed by atoms with Gasteiger partial charge in [-0.05, 0) is 32.9 Å². The molecule has 1 amide bonds. The normalized spacial score (nSPS) is 17.0. The maximum Gasteiger partial charge on any atom is 0.255 e. The molecule has 17 heavy (non-hydrogen) atoms. The number of aromatic nitrogens is 1. The fraction of sp³-hybridized carbons (Fsp3) is 0.615. The Balaban J connectivity index is 2.20. The maximum absolute atomic E-state index is 12.4. The van der Waals surface area contributed by atoms with Crippen LogP contribution in [0.1, 0.15) is 28.2 Å². The van der Waals surface area contributed by atoms with Crippen molar-refractivity contribution in [3.05, 3.63) is 23.0 Å². The molecule has 1 aromatic heterocycles. The lowest BCUT2D eigenvalue weighted by molar-refractivity contribution is 0.0765. The molecule has 1 aliphatic rings. The zero-order chi connectivity index (χ0) is 12.4. The van der Waals surface area contributed by atoms with Crippen LogP contribution in [0, 0.1) is 13.8 Å². The molecule has 1 aromatic rings. The van der Waals surface area contributed by atoms with Crippen molar-refractivity contribution in [1.82, 2.24) is 14.8 Å². The van der Waals surface area contributed by atoms with Gasteiger partial charge in [0.2, 0.25) is 0 Å². The Morgan fingerprint density at radius 3 is 2.71 bits per heavy atom. The van der Waals surface area contributed by atoms with E-state index in [0.717, 1.165) is 49.6 Å². The zero-order valence-electron chi connectivity index (χ0n) is 10.9. The molecule has 4 heteroatoms. The summed E-state index contributed by atoms with van der Waals surface area (Å²) in [7, 11) is 2.01. The Morgan fingerprint density at radius 1 is 1.29 bits per heavy atom. The van der Waals surface area contributed by atoms with E-state index in [1.807, 2.05) is 31.9 Å². The standard InChI is InChI=1S/C13H21N3O/c1-10-9-12(11(2)15(10)3)13(17)16-7-4-5-14-6-8-16/h9,14H,4-8H2,1-3H3. The summed E-state index contributed by atoms with van der Waals surface area (Å²) in [6.07, 6.45) is 1.04. The third kappa shape index (κ3) is 2.36. The molecule has 0 radical (unpaired) electrons. The highest BCUT2D eigenvalue weighted by Gasteiger charge is 2.20. The van der Waals surface area contributed by atoms with Gasteiger partial charge in [0.15, 0.2) is 0 Å². The van der Waals surface area contributed by atoms with Crippen molar-refractivity contribution >= 4 is 5.91 Å². The molecule has 94 valence electrons. The Morgan fingerprint density at radius 2 is 2.06 bits per heavy atom. The monoisotopic (exact) mass is 235 g/mol. The number of aryl methyl sites for hydroxylation is 1. The summed E-state index contributed by atoms with van der Waals surface area (Å²) in [6.45, 7) is 7.63. The molecular formula is C13H21N3O. The van der Waals surface area contributed by atoms with Gasteiger partial charge in [0, 0.05) is 38.1 Å². The number of hydrogen-bond acceptors (Lipinski definition) is 2. The van der Waals surface area contributed by atoms with E-state index in [0.29, 0.717) is 0 Å². The number of nitrogens with zero attached hydrogens (tertiary/aromatic N) is 2. The first kappa shape index (κ1) is 12.2. The number of carbonyl (C=O) groups is 1. The Hall–Kier alpha value is -1.29. The van der Waals surface area contributed by atoms with Crippen molar-refractivity contribution < 1.29 is 4.79 Å². The molecule has 1 fully saturated rings. The Bertz CT molecular complexity index is 415. The zero-order valence-corrected chi connectivity index (χ0v) is 10.9. The smallest absolute Gasteiger partial charge is 0.255 e. The third-order valence-electron chi connectivity index (χ3n) is 3.63. The molecular weight excluding hydrogens is 214 g/mol. The van der Waals surface area contributed by atoms with Crippen LogP contribution in [0.5, 0.6) is 0 Å². The molecule has 0 aromatic carbocycles. The summed E-state index contributed by atoms with van der Waals surface area (Å²) in [5.41, 5.74) is 3.05. The van der Waals surface area contributed by atoms with Gasteiger partial charge < -0.3 is 14.8 Å². The lowest BCUT2D eigenvalue weighted by atomic mass is 10.2. The van der Waals surface area contributed by atoms with Crippen LogP contribution >= 0.6 is 0 Å². The first-order valence-electron chi connectivity index (χ1n) is 6.24. The summed E-state index contributed by atoms with van der Waals surface area (Å²) < 4.78 is 2.07. The fourth-order valence-corrected chi connectivity index (χ4v) is 2.29. The second-order valence-corrected chi connectivity index (χ2v) is 4.74. The molecule has 1 aliphatic heterocycles. The molecule has 0 bridgehead atoms. The predicted molar refractivity (Wildman–Crippen MR) is 68.3 cm³/mol. The number of carbonyl (C=O) groups excluding carboxylic acids is 1. The number of amides is 1. The minimum absolute atomic E-state index is 0.176. The predicted octanol–water partition coefficient (Wildman–Crippen LogP) is 1.08. The summed E-state index contributed by atoms with van der Waals surface area (Å²) in [5, 5.41) is 3.32. The molecule has 0 saturated carbocycles. The van der Waals surface area contributed by atoms with E-state index in [1.54, 1.807) is 0 Å². The Kier molecular flexibility index (Phi) is 3.52. The average Bonchev–Trinajstić information content (AvgIpc) is 2.57. The molecule has 0 unspecified atom stereocenters. The van der Waals surface area contributed by atoms with Gasteiger partial charge in [-0.1, -0.05) is 0 Å². The van der Waals surface area contributed by atoms with Crippen molar-refractivity contribution in [3.8, 4) is 0 Å². The van der Waals surface area contributed by atoms with Gasteiger partial charge in [-0.2, -0.15) is 0 Å². The van der Waals surface area contributed by atoms with Crippen LogP contribution in [0.15, 0.2) is 6.07 Å². The molecule has 2 rings (SSSR count). The SMILES string of the molecule is Cc1cc(C(=O)N2CCCNCC2)c(C)n1C. The second kappa shape index (κ2) is 4.92. The topological polar surface area (TPSA) is 37.3 Å². The molecule has 1 N–H and O–H groups in total. The average molecular weight is 235 g/mol. The number of rotatable bonds is 1. The highest BCUT2D eigenvalue weighted by molar-refractivity contribution is 5.95. The molecule has 1 saturated heterocycles. The largest absolute Gasteiger partial charge is 0.351 e. The van der Waals surface area contributed by atoms with Gasteiger partial charge in [-0.15, -0.1) is 0 Å². The third-order valence-corrected chi connectivity index (χ3v) is 3.63. The van der Waals surface area contributed by atoms with Gasteiger partial charge in [0.25, 0.3) is 5.91 Å². The highest BCUT2D eigenvalue weighted by Crippen LogP contribution is 2.16. The first-order valence-corrected chi connectivity index (χ1v) is 6.24. The summed E-state index contributed by atoms with van der Waals surface area (Å²) in [4.78, 5) is 14.4. The van der Waals surface area contributed by atoms with Crippen LogP contribution in [0.2, 0.25) is 0 Å². The number of hydrogen-bond donors (Lipinski definition) is 1. The molecule has 0 aliphatic carbocycles. The van der Waals surface area contributed by atoms with E-state index in [1.165, 1.54) is 0 Å². The summed E-state index contributed by atoms with van der Waals surface area (Å²) in [5.74, 6) is 0.176. The van der Waals surface area contributed by atoms with E-state index >= 15 is 0 Å². The Labute approximate surface area is 103 Å². The van der Waals surface area contributed by atoms with Gasteiger partial charge in [0.05, 0.1) is 5.56 Å². The van der Waals surface area contributed by atoms with Crippen LogP contribution in [0.25, 0.3) is 0 Å². The molecule has 0 spiro atoms. The van der Waals surface area contributed by atoms with Gasteiger partial charge in [-0.3, -0.25) is 4.79 Å². The summed E-state index contributed by atoms with van der Waals surface area (Å²) in [6, 6.07) is 2.00. The fourth-order valence-electron chi connectivity index (χ4n) is 2.29. The molecule has 2 heterocycles. The van der Waals surface area contributed by atoms with Gasteiger partial charge in [-0.25, -0.2) is 0 Å². The van der Waals surface area contributed by atoms with Crippen LogP contribution in [0.4, 0.5) is 0 Å². The van der Waals surface area contributed by atoms with E-state index in [9.17, 15) is 4.79 Å². The summed E-state index contributed by atoms with van der Waals surface area (Å²) >= 11 is 0. The van der Waals surface area contributed by atoms with Crippen LogP contribution in [-0.4, -0.2) is 41.6 Å². The lowest BCUT2D eigenvalue weighted by Crippen LogP contribution is -2.34. The van der Waals surface area contributed by atoms with Crippen molar-refractivity contribution in [1.29, 1.82) is 0 Å². The lowest BCUT2D eigenvalue weighted by Gasteiger charge is -2.19. The minimum Gasteiger partial charge on any atom is -0.351 e. The van der Waals surface area contributed by atoms with Crippen LogP contribution < -0.4 is 5.32 Å². The van der Waals surface area contributed by atoms with E-state index in [4.69, 9.17) is 0 Å². The van der Waals surface area contributed by atoms with Gasteiger partial charge >= 0.3 is 0 Å². The van der Waals surface area contributed by atoms with Gasteiger partial charge in [0.1, 0.15) is 0 Å². The van der Waals surface area contributed by atoms with E-state index in [2.05, 4.69) is 9.88 Å². The van der Waals surface area contributed by atoms with Crippen LogP contribution in [-0.2, 0) is 7.05 Å². The first-order chi connectivity index (χ1) is 8.11. The van der Waals surface area contributed by atoms with Crippen LogP contribution in [0.3, 0.4) is 0 Å². The van der Waals surface area contributed by atoms with Crippen molar-refractivity contribution in [2.24, 2.45) is 7.05 Å². The molecule has 4 nitrogen and oxygen atoms in total. The van der Waals surface area contributed by atoms with E-state index in [-0.39, 0.29) is 5.91 Å². The number of nitrogens with one attached hydrogen (secondary N) is 1. The van der Waals surface area contributed by atoms with Crippen molar-refractivity contribution in [2.45, 2.75) is 20.3 Å². The quantitative estimate of drug-likeness (QED) is 0.791.